The van der Waals surface area contributed by atoms with Gasteiger partial charge in [0.1, 0.15) is 12.4 Å². The minimum absolute atomic E-state index is 0.124. The van der Waals surface area contributed by atoms with E-state index in [0.29, 0.717) is 12.4 Å². The van der Waals surface area contributed by atoms with Crippen molar-refractivity contribution >= 4 is 27.6 Å². The van der Waals surface area contributed by atoms with E-state index in [4.69, 9.17) is 10.5 Å². The van der Waals surface area contributed by atoms with Crippen LogP contribution in [0, 0.1) is 0 Å². The summed E-state index contributed by atoms with van der Waals surface area (Å²) >= 11 is 0. The third kappa shape index (κ3) is 4.53. The van der Waals surface area contributed by atoms with Crippen LogP contribution >= 0.6 is 0 Å². The van der Waals surface area contributed by atoms with Crippen LogP contribution in [0.5, 0.6) is 5.75 Å². The number of aromatic amines is 2. The van der Waals surface area contributed by atoms with Crippen LogP contribution in [0.4, 0.5) is 5.82 Å². The van der Waals surface area contributed by atoms with Gasteiger partial charge in [-0.1, -0.05) is 24.3 Å². The first-order chi connectivity index (χ1) is 17.6. The zero-order valence-electron chi connectivity index (χ0n) is 20.4. The summed E-state index contributed by atoms with van der Waals surface area (Å²) < 4.78 is 6.06. The van der Waals surface area contributed by atoms with Gasteiger partial charge in [0, 0.05) is 66.5 Å². The molecule has 1 fully saturated rings. The first-order valence-corrected chi connectivity index (χ1v) is 12.4. The molecule has 0 spiro atoms. The van der Waals surface area contributed by atoms with E-state index < -0.39 is 0 Å². The quantitative estimate of drug-likeness (QED) is 0.327. The van der Waals surface area contributed by atoms with Gasteiger partial charge in [-0.25, -0.2) is 0 Å². The van der Waals surface area contributed by atoms with Crippen LogP contribution in [0.15, 0.2) is 67.1 Å². The van der Waals surface area contributed by atoms with Crippen molar-refractivity contribution in [3.8, 4) is 16.9 Å². The Morgan fingerprint density at radius 1 is 0.972 bits per heavy atom. The van der Waals surface area contributed by atoms with E-state index in [1.165, 1.54) is 10.9 Å². The molecule has 0 aliphatic carbocycles. The van der Waals surface area contributed by atoms with Gasteiger partial charge in [0.25, 0.3) is 0 Å². The van der Waals surface area contributed by atoms with Crippen LogP contribution in [-0.4, -0.2) is 70.9 Å². The second-order valence-corrected chi connectivity index (χ2v) is 9.64. The highest BCUT2D eigenvalue weighted by molar-refractivity contribution is 5.93. The largest absolute Gasteiger partial charge is 0.490 e. The van der Waals surface area contributed by atoms with E-state index >= 15 is 0 Å². The van der Waals surface area contributed by atoms with Gasteiger partial charge in [-0.2, -0.15) is 5.10 Å². The molecule has 1 atom stereocenters. The topological polar surface area (TPSA) is 99.1 Å². The smallest absolute Gasteiger partial charge is 0.158 e. The van der Waals surface area contributed by atoms with E-state index in [9.17, 15) is 0 Å². The van der Waals surface area contributed by atoms with Gasteiger partial charge in [-0.3, -0.25) is 10.1 Å². The molecule has 8 heteroatoms. The van der Waals surface area contributed by atoms with E-state index in [0.717, 1.165) is 66.0 Å². The molecule has 0 radical (unpaired) electrons. The molecule has 8 nitrogen and oxygen atoms in total. The van der Waals surface area contributed by atoms with Crippen molar-refractivity contribution in [3.63, 3.8) is 0 Å². The molecule has 1 saturated heterocycles. The lowest BCUT2D eigenvalue weighted by atomic mass is 10.0. The maximum atomic E-state index is 6.42. The van der Waals surface area contributed by atoms with E-state index in [2.05, 4.69) is 67.3 Å². The number of aromatic nitrogens is 4. The third-order valence-corrected chi connectivity index (χ3v) is 7.01. The Bertz CT molecular complexity index is 1480. The molecule has 0 saturated carbocycles. The lowest BCUT2D eigenvalue weighted by Gasteiger charge is -2.32. The third-order valence-electron chi connectivity index (χ3n) is 7.01. The average Bonchev–Trinajstić information content (AvgIpc) is 3.52. The number of nitrogens with one attached hydrogen (secondary N) is 2. The molecule has 5 aromatic rings. The minimum atomic E-state index is -0.124. The number of piperazine rings is 1. The summed E-state index contributed by atoms with van der Waals surface area (Å²) in [7, 11) is 2.16. The van der Waals surface area contributed by atoms with Gasteiger partial charge >= 0.3 is 0 Å². The summed E-state index contributed by atoms with van der Waals surface area (Å²) in [5.74, 6) is 1.73. The fourth-order valence-electron chi connectivity index (χ4n) is 4.94. The zero-order valence-corrected chi connectivity index (χ0v) is 20.4. The van der Waals surface area contributed by atoms with Crippen LogP contribution in [0.25, 0.3) is 32.9 Å². The number of nitrogens with two attached hydrogens (primary N) is 1. The number of pyridine rings is 1. The van der Waals surface area contributed by atoms with Gasteiger partial charge in [0.05, 0.1) is 11.7 Å². The summed E-state index contributed by atoms with van der Waals surface area (Å²) in [6, 6.07) is 16.6. The molecular formula is C28H31N7O. The van der Waals surface area contributed by atoms with Crippen molar-refractivity contribution in [2.24, 2.45) is 5.73 Å². The van der Waals surface area contributed by atoms with Gasteiger partial charge in [-0.05, 0) is 48.9 Å². The first-order valence-electron chi connectivity index (χ1n) is 12.4. The number of likely N-dealkylation sites (N-methyl/N-ethyl adjacent to an activating group) is 1. The van der Waals surface area contributed by atoms with Crippen LogP contribution in [-0.2, 0) is 6.42 Å². The molecule has 1 aliphatic heterocycles. The normalized spacial score (nSPS) is 15.6. The summed E-state index contributed by atoms with van der Waals surface area (Å²) in [4.78, 5) is 12.5. The lowest BCUT2D eigenvalue weighted by molar-refractivity contribution is 0.287. The fourth-order valence-corrected chi connectivity index (χ4v) is 4.94. The number of fused-ring (bicyclic) bond motifs is 2. The van der Waals surface area contributed by atoms with Crippen molar-refractivity contribution in [1.82, 2.24) is 25.1 Å². The predicted octanol–water partition coefficient (Wildman–Crippen LogP) is 3.81. The Labute approximate surface area is 210 Å². The number of benzene rings is 2. The molecule has 36 heavy (non-hydrogen) atoms. The maximum Gasteiger partial charge on any atom is 0.158 e. The molecule has 2 aromatic carbocycles. The van der Waals surface area contributed by atoms with Gasteiger partial charge < -0.3 is 25.3 Å². The number of anilines is 1. The molecule has 3 aromatic heterocycles. The van der Waals surface area contributed by atoms with E-state index in [-0.39, 0.29) is 6.04 Å². The Morgan fingerprint density at radius 2 is 1.83 bits per heavy atom. The Balaban J connectivity index is 1.16. The van der Waals surface area contributed by atoms with Gasteiger partial charge in [-0.15, -0.1) is 0 Å². The van der Waals surface area contributed by atoms with Crippen molar-refractivity contribution in [2.75, 3.05) is 44.7 Å². The number of H-pyrrole nitrogens is 2. The zero-order chi connectivity index (χ0) is 24.5. The van der Waals surface area contributed by atoms with Crippen molar-refractivity contribution in [2.45, 2.75) is 12.5 Å². The molecule has 1 unspecified atom stereocenters. The maximum absolute atomic E-state index is 6.42. The number of ether oxygens (including phenoxy) is 1. The van der Waals surface area contributed by atoms with Crippen molar-refractivity contribution in [3.05, 3.63) is 72.7 Å². The highest BCUT2D eigenvalue weighted by atomic mass is 16.5. The second-order valence-electron chi connectivity index (χ2n) is 9.64. The average molecular weight is 482 g/mol. The molecule has 1 aliphatic rings. The number of rotatable bonds is 7. The Hall–Kier alpha value is -3.88. The number of para-hydroxylation sites is 1. The molecule has 184 valence electrons. The number of hydrogen-bond acceptors (Lipinski definition) is 6. The van der Waals surface area contributed by atoms with Crippen LogP contribution in [0.2, 0.25) is 0 Å². The first kappa shape index (κ1) is 22.6. The molecule has 6 rings (SSSR count). The van der Waals surface area contributed by atoms with Crippen LogP contribution in [0.1, 0.15) is 5.56 Å². The lowest BCUT2D eigenvalue weighted by Crippen LogP contribution is -2.44. The number of nitrogens with zero attached hydrogens (tertiary/aromatic N) is 4. The SMILES string of the molecule is CN1CCN(c2n[nH]c3ccc(-c4cncc(OCC(N)Cc5c[nH]c6ccccc56)c4)cc23)CC1. The highest BCUT2D eigenvalue weighted by Crippen LogP contribution is 2.31. The fraction of sp³-hybridized carbons (Fsp3) is 0.286. The number of hydrogen-bond donors (Lipinski definition) is 3. The molecular weight excluding hydrogens is 450 g/mol. The van der Waals surface area contributed by atoms with Crippen molar-refractivity contribution < 1.29 is 4.74 Å². The monoisotopic (exact) mass is 481 g/mol. The van der Waals surface area contributed by atoms with Gasteiger partial charge in [0.15, 0.2) is 5.82 Å². The molecule has 0 bridgehead atoms. The molecule has 0 amide bonds. The Kier molecular flexibility index (Phi) is 6.04. The van der Waals surface area contributed by atoms with Crippen LogP contribution < -0.4 is 15.4 Å². The van der Waals surface area contributed by atoms with E-state index in [1.807, 2.05) is 30.6 Å². The summed E-state index contributed by atoms with van der Waals surface area (Å²) in [6.45, 7) is 4.45. The summed E-state index contributed by atoms with van der Waals surface area (Å²) in [5, 5.41) is 10.1. The van der Waals surface area contributed by atoms with E-state index in [1.54, 1.807) is 6.20 Å². The van der Waals surface area contributed by atoms with Crippen molar-refractivity contribution in [1.29, 1.82) is 0 Å². The molecule has 4 N–H and O–H groups in total. The minimum Gasteiger partial charge on any atom is -0.490 e. The second kappa shape index (κ2) is 9.64. The molecule has 4 heterocycles. The highest BCUT2D eigenvalue weighted by Gasteiger charge is 2.19. The summed E-state index contributed by atoms with van der Waals surface area (Å²) in [6.07, 6.45) is 6.39. The summed E-state index contributed by atoms with van der Waals surface area (Å²) in [5.41, 5.74) is 11.9. The van der Waals surface area contributed by atoms with Crippen LogP contribution in [0.3, 0.4) is 0 Å². The standard InChI is InChI=1S/C28H31N7O/c1-34-8-10-35(11-9-34)28-25-14-19(6-7-27(25)32-33-28)20-13-23(17-30-15-20)36-18-22(29)12-21-16-31-26-5-3-2-4-24(21)26/h2-7,13-17,22,31H,8-12,18,29H2,1H3,(H,32,33). The van der Waals surface area contributed by atoms with Gasteiger partial charge in [0.2, 0.25) is 0 Å². The Morgan fingerprint density at radius 3 is 2.72 bits per heavy atom. The predicted molar refractivity (Wildman–Crippen MR) is 145 cm³/mol.